The molecule has 5 heteroatoms. The summed E-state index contributed by atoms with van der Waals surface area (Å²) in [6, 6.07) is 9.42. The van der Waals surface area contributed by atoms with Gasteiger partial charge in [0.25, 0.3) is 0 Å². The predicted octanol–water partition coefficient (Wildman–Crippen LogP) is 1.67. The van der Waals surface area contributed by atoms with Crippen molar-refractivity contribution in [3.05, 3.63) is 35.9 Å². The van der Waals surface area contributed by atoms with E-state index in [-0.39, 0.29) is 12.5 Å². The summed E-state index contributed by atoms with van der Waals surface area (Å²) >= 11 is 1.44. The topological polar surface area (TPSA) is 52.9 Å². The number of hydrogen-bond donors (Lipinski definition) is 1. The second-order valence-corrected chi connectivity index (χ2v) is 4.92. The van der Waals surface area contributed by atoms with E-state index in [1.807, 2.05) is 37.3 Å². The van der Waals surface area contributed by atoms with Gasteiger partial charge in [0.15, 0.2) is 5.17 Å². The van der Waals surface area contributed by atoms with E-state index >= 15 is 0 Å². The fourth-order valence-electron chi connectivity index (χ4n) is 1.78. The molecule has 2 rings (SSSR count). The number of hydrogen-bond acceptors (Lipinski definition) is 4. The van der Waals surface area contributed by atoms with Crippen LogP contribution in [0.5, 0.6) is 0 Å². The number of thioether (sulfide) groups is 1. The van der Waals surface area contributed by atoms with Gasteiger partial charge in [-0.05, 0) is 12.5 Å². The van der Waals surface area contributed by atoms with Crippen LogP contribution in [-0.4, -0.2) is 39.9 Å². The van der Waals surface area contributed by atoms with Crippen LogP contribution in [0.1, 0.15) is 18.6 Å². The molecule has 0 aromatic heterocycles. The number of aliphatic imine (C=N–C) groups is 1. The van der Waals surface area contributed by atoms with Crippen molar-refractivity contribution in [2.45, 2.75) is 13.0 Å². The molecule has 1 fully saturated rings. The molecule has 1 aliphatic rings. The maximum absolute atomic E-state index is 11.5. The minimum absolute atomic E-state index is 0.0930. The summed E-state index contributed by atoms with van der Waals surface area (Å²) in [7, 11) is 0. The van der Waals surface area contributed by atoms with Gasteiger partial charge in [0, 0.05) is 6.54 Å². The lowest BCUT2D eigenvalue weighted by Gasteiger charge is -2.14. The molecule has 1 unspecified atom stereocenters. The lowest BCUT2D eigenvalue weighted by atomic mass is 10.1. The average molecular weight is 264 g/mol. The molecular weight excluding hydrogens is 248 g/mol. The Kier molecular flexibility index (Phi) is 4.38. The third-order valence-corrected chi connectivity index (χ3v) is 3.76. The molecule has 0 bridgehead atoms. The van der Waals surface area contributed by atoms with Crippen LogP contribution in [0.3, 0.4) is 0 Å². The number of carbonyl (C=O) groups is 1. The lowest BCUT2D eigenvalue weighted by Crippen LogP contribution is -2.29. The first kappa shape index (κ1) is 13.1. The van der Waals surface area contributed by atoms with Crippen molar-refractivity contribution in [2.24, 2.45) is 4.99 Å². The Bertz CT molecular complexity index is 448. The molecule has 1 N–H and O–H groups in total. The molecule has 96 valence electrons. The quantitative estimate of drug-likeness (QED) is 0.900. The molecule has 1 amide bonds. The fraction of sp³-hybridized carbons (Fsp3) is 0.385. The molecule has 4 nitrogen and oxygen atoms in total. The van der Waals surface area contributed by atoms with E-state index < -0.39 is 6.10 Å². The van der Waals surface area contributed by atoms with E-state index in [1.165, 1.54) is 11.8 Å². The fourth-order valence-corrected chi connectivity index (χ4v) is 2.74. The first-order chi connectivity index (χ1) is 8.72. The largest absolute Gasteiger partial charge is 0.386 e. The number of aliphatic hydroxyl groups excluding tert-OH is 1. The molecule has 0 radical (unpaired) electrons. The number of rotatable bonds is 4. The molecule has 1 aliphatic heterocycles. The normalized spacial score (nSPS) is 19.6. The number of amides is 1. The maximum atomic E-state index is 11.5. The van der Waals surface area contributed by atoms with Crippen LogP contribution in [0.2, 0.25) is 0 Å². The molecule has 1 heterocycles. The van der Waals surface area contributed by atoms with E-state index in [2.05, 4.69) is 4.99 Å². The average Bonchev–Trinajstić information content (AvgIpc) is 2.77. The summed E-state index contributed by atoms with van der Waals surface area (Å²) in [5, 5.41) is 10.7. The molecule has 1 aromatic rings. The Morgan fingerprint density at radius 1 is 1.44 bits per heavy atom. The van der Waals surface area contributed by atoms with Crippen molar-refractivity contribution >= 4 is 22.8 Å². The SMILES string of the molecule is CCN1C(=O)CSC1=NCC(O)c1ccccc1. The van der Waals surface area contributed by atoms with Crippen molar-refractivity contribution in [1.29, 1.82) is 0 Å². The first-order valence-electron chi connectivity index (χ1n) is 5.93. The van der Waals surface area contributed by atoms with E-state index in [9.17, 15) is 9.90 Å². The summed E-state index contributed by atoms with van der Waals surface area (Å²) in [5.74, 6) is 0.545. The summed E-state index contributed by atoms with van der Waals surface area (Å²) in [5.41, 5.74) is 0.847. The molecule has 18 heavy (non-hydrogen) atoms. The van der Waals surface area contributed by atoms with E-state index in [0.717, 1.165) is 10.7 Å². The van der Waals surface area contributed by atoms with Crippen LogP contribution in [0.15, 0.2) is 35.3 Å². The van der Waals surface area contributed by atoms with E-state index in [1.54, 1.807) is 4.90 Å². The molecule has 0 aliphatic carbocycles. The van der Waals surface area contributed by atoms with Crippen molar-refractivity contribution < 1.29 is 9.90 Å². The third-order valence-electron chi connectivity index (χ3n) is 2.76. The predicted molar refractivity (Wildman–Crippen MR) is 73.5 cm³/mol. The summed E-state index contributed by atoms with van der Waals surface area (Å²) in [6.45, 7) is 2.84. The van der Waals surface area contributed by atoms with Crippen LogP contribution >= 0.6 is 11.8 Å². The van der Waals surface area contributed by atoms with E-state index in [4.69, 9.17) is 0 Å². The zero-order valence-corrected chi connectivity index (χ0v) is 11.1. The van der Waals surface area contributed by atoms with Crippen molar-refractivity contribution in [3.8, 4) is 0 Å². The van der Waals surface area contributed by atoms with Crippen LogP contribution in [-0.2, 0) is 4.79 Å². The zero-order chi connectivity index (χ0) is 13.0. The van der Waals surface area contributed by atoms with Gasteiger partial charge >= 0.3 is 0 Å². The van der Waals surface area contributed by atoms with Crippen molar-refractivity contribution in [1.82, 2.24) is 4.90 Å². The highest BCUT2D eigenvalue weighted by atomic mass is 32.2. The highest BCUT2D eigenvalue weighted by Crippen LogP contribution is 2.20. The summed E-state index contributed by atoms with van der Waals surface area (Å²) in [6.07, 6.45) is -0.617. The van der Waals surface area contributed by atoms with Gasteiger partial charge in [0.05, 0.1) is 18.4 Å². The second-order valence-electron chi connectivity index (χ2n) is 3.98. The van der Waals surface area contributed by atoms with E-state index in [0.29, 0.717) is 12.3 Å². The maximum Gasteiger partial charge on any atom is 0.239 e. The highest BCUT2D eigenvalue weighted by Gasteiger charge is 2.26. The standard InChI is InChI=1S/C13H16N2O2S/c1-2-15-12(17)9-18-13(15)14-8-11(16)10-6-4-3-5-7-10/h3-7,11,16H,2,8-9H2,1H3. The van der Waals surface area contributed by atoms with Gasteiger partial charge in [0.1, 0.15) is 0 Å². The number of carbonyl (C=O) groups excluding carboxylic acids is 1. The third kappa shape index (κ3) is 2.91. The van der Waals surface area contributed by atoms with Gasteiger partial charge in [-0.3, -0.25) is 14.7 Å². The molecule has 1 atom stereocenters. The number of benzene rings is 1. The first-order valence-corrected chi connectivity index (χ1v) is 6.91. The number of aliphatic hydroxyl groups is 1. The summed E-state index contributed by atoms with van der Waals surface area (Å²) in [4.78, 5) is 17.5. The number of nitrogens with zero attached hydrogens (tertiary/aromatic N) is 2. The minimum atomic E-state index is -0.617. The Hall–Kier alpha value is -1.33. The smallest absolute Gasteiger partial charge is 0.239 e. The second kappa shape index (κ2) is 6.02. The molecule has 0 saturated carbocycles. The van der Waals surface area contributed by atoms with Gasteiger partial charge in [-0.15, -0.1) is 0 Å². The van der Waals surface area contributed by atoms with Gasteiger partial charge in [-0.2, -0.15) is 0 Å². The van der Waals surface area contributed by atoms with Crippen LogP contribution in [0, 0.1) is 0 Å². The Labute approximate surface area is 111 Å². The molecule has 1 aromatic carbocycles. The molecule has 0 spiro atoms. The van der Waals surface area contributed by atoms with Crippen LogP contribution < -0.4 is 0 Å². The Morgan fingerprint density at radius 3 is 2.83 bits per heavy atom. The van der Waals surface area contributed by atoms with Crippen LogP contribution in [0.25, 0.3) is 0 Å². The zero-order valence-electron chi connectivity index (χ0n) is 10.2. The van der Waals surface area contributed by atoms with Crippen LogP contribution in [0.4, 0.5) is 0 Å². The monoisotopic (exact) mass is 264 g/mol. The lowest BCUT2D eigenvalue weighted by molar-refractivity contribution is -0.123. The van der Waals surface area contributed by atoms with Gasteiger partial charge in [-0.1, -0.05) is 42.1 Å². The highest BCUT2D eigenvalue weighted by molar-refractivity contribution is 8.15. The number of amidine groups is 1. The molecular formula is C13H16N2O2S. The van der Waals surface area contributed by atoms with Crippen molar-refractivity contribution in [2.75, 3.05) is 18.8 Å². The van der Waals surface area contributed by atoms with Gasteiger partial charge in [-0.25, -0.2) is 0 Å². The minimum Gasteiger partial charge on any atom is -0.386 e. The Morgan fingerprint density at radius 2 is 2.17 bits per heavy atom. The van der Waals surface area contributed by atoms with Gasteiger partial charge in [0.2, 0.25) is 5.91 Å². The summed E-state index contributed by atoms with van der Waals surface area (Å²) < 4.78 is 0. The van der Waals surface area contributed by atoms with Gasteiger partial charge < -0.3 is 5.11 Å². The Balaban J connectivity index is 2.01. The molecule has 1 saturated heterocycles. The van der Waals surface area contributed by atoms with Crippen molar-refractivity contribution in [3.63, 3.8) is 0 Å².